The molecule has 0 bridgehead atoms. The van der Waals surface area contributed by atoms with Crippen LogP contribution in [0, 0.1) is 0 Å². The van der Waals surface area contributed by atoms with Crippen molar-refractivity contribution in [1.82, 2.24) is 41.0 Å². The number of amides is 9. The molecule has 0 aliphatic carbocycles. The number of imide groups is 1. The molecule has 1 rings (SSSR count). The van der Waals surface area contributed by atoms with E-state index in [4.69, 9.17) is 42.7 Å². The lowest BCUT2D eigenvalue weighted by atomic mass is 10.2. The molecule has 1 saturated heterocycles. The van der Waals surface area contributed by atoms with Gasteiger partial charge in [0.15, 0.2) is 0 Å². The molecule has 0 aromatic heterocycles. The van der Waals surface area contributed by atoms with E-state index in [2.05, 4.69) is 21.3 Å². The van der Waals surface area contributed by atoms with Gasteiger partial charge in [-0.2, -0.15) is 0 Å². The van der Waals surface area contributed by atoms with Gasteiger partial charge in [0.2, 0.25) is 41.4 Å². The van der Waals surface area contributed by atoms with E-state index in [-0.39, 0.29) is 115 Å². The van der Waals surface area contributed by atoms with Gasteiger partial charge < -0.3 is 78.7 Å². The van der Waals surface area contributed by atoms with Gasteiger partial charge in [-0.25, -0.2) is 4.79 Å². The second-order valence-electron chi connectivity index (χ2n) is 25.5. The minimum atomic E-state index is -1.16. The molecule has 1 heterocycles. The molecule has 99 heavy (non-hydrogen) atoms. The number of rotatable bonds is 60. The Bertz CT molecular complexity index is 1980. The monoisotopic (exact) mass is 1410 g/mol. The molecule has 1 fully saturated rings. The fourth-order valence-electron chi connectivity index (χ4n) is 10.9. The fourth-order valence-corrected chi connectivity index (χ4v) is 10.9. The van der Waals surface area contributed by atoms with Crippen molar-refractivity contribution >= 4 is 59.1 Å². The van der Waals surface area contributed by atoms with E-state index in [1.165, 1.54) is 0 Å². The Hall–Kier alpha value is -5.42. The Labute approximate surface area is 592 Å². The maximum Gasteiger partial charge on any atom is 0.333 e. The highest BCUT2D eigenvalue weighted by molar-refractivity contribution is 6.02. The molecule has 0 spiro atoms. The Morgan fingerprint density at radius 2 is 0.495 bits per heavy atom. The third-order valence-electron chi connectivity index (χ3n) is 17.8. The summed E-state index contributed by atoms with van der Waals surface area (Å²) in [6.45, 7) is 27.2. The molecule has 0 unspecified atom stereocenters. The van der Waals surface area contributed by atoms with Crippen molar-refractivity contribution in [2.24, 2.45) is 0 Å². The molecular weight excluding hydrogens is 1280 g/mol. The van der Waals surface area contributed by atoms with E-state index in [0.29, 0.717) is 108 Å². The van der Waals surface area contributed by atoms with Crippen LogP contribution in [0.15, 0.2) is 0 Å². The molecule has 0 radical (unpaired) electrons. The zero-order valence-electron chi connectivity index (χ0n) is 63.5. The van der Waals surface area contributed by atoms with Crippen molar-refractivity contribution in [1.29, 1.82) is 0 Å². The number of carbonyl (C=O) groups excluding carboxylic acids is 10. The van der Waals surface area contributed by atoms with Gasteiger partial charge in [-0.15, -0.1) is 5.06 Å². The van der Waals surface area contributed by atoms with Gasteiger partial charge >= 0.3 is 5.97 Å². The summed E-state index contributed by atoms with van der Waals surface area (Å²) in [6.07, 6.45) is 8.31. The molecule has 0 aromatic rings. The quantitative estimate of drug-likeness (QED) is 0.0430. The van der Waals surface area contributed by atoms with E-state index in [1.54, 1.807) is 0 Å². The third kappa shape index (κ3) is 38.4. The van der Waals surface area contributed by atoms with E-state index in [0.717, 1.165) is 14.7 Å². The fraction of sp³-hybridized carbons (Fsp3) is 0.861. The van der Waals surface area contributed by atoms with E-state index < -0.39 is 135 Å². The zero-order valence-corrected chi connectivity index (χ0v) is 63.5. The minimum absolute atomic E-state index is 0.0535. The van der Waals surface area contributed by atoms with Crippen molar-refractivity contribution in [3.8, 4) is 0 Å². The van der Waals surface area contributed by atoms with Crippen molar-refractivity contribution in [2.75, 3.05) is 92.1 Å². The van der Waals surface area contributed by atoms with Crippen LogP contribution in [0.1, 0.15) is 239 Å². The van der Waals surface area contributed by atoms with Crippen LogP contribution in [-0.4, -0.2) is 244 Å². The maximum absolute atomic E-state index is 15.3. The Balaban J connectivity index is 4.24. The van der Waals surface area contributed by atoms with Gasteiger partial charge in [0.1, 0.15) is 39.3 Å². The average molecular weight is 1410 g/mol. The number of carbonyl (C=O) groups is 10. The molecule has 0 aromatic carbocycles. The van der Waals surface area contributed by atoms with Crippen molar-refractivity contribution in [3.05, 3.63) is 0 Å². The lowest BCUT2D eigenvalue weighted by Crippen LogP contribution is -2.55. The number of ether oxygens (including phenoxy) is 8. The van der Waals surface area contributed by atoms with Crippen LogP contribution < -0.4 is 21.3 Å². The van der Waals surface area contributed by atoms with Crippen LogP contribution in [0.25, 0.3) is 0 Å². The lowest BCUT2D eigenvalue weighted by molar-refractivity contribution is -0.197. The van der Waals surface area contributed by atoms with Crippen molar-refractivity contribution in [3.63, 3.8) is 0 Å². The Morgan fingerprint density at radius 3 is 0.687 bits per heavy atom. The summed E-state index contributed by atoms with van der Waals surface area (Å²) in [4.78, 5) is 149. The van der Waals surface area contributed by atoms with Gasteiger partial charge in [0.25, 0.3) is 11.8 Å². The predicted molar refractivity (Wildman–Crippen MR) is 376 cm³/mol. The number of nitrogens with zero attached hydrogens (tertiary/aromatic N) is 4. The molecule has 574 valence electrons. The van der Waals surface area contributed by atoms with Gasteiger partial charge in [0.05, 0.1) is 132 Å². The number of nitrogens with one attached hydrogen (secondary N) is 4. The molecule has 9 amide bonds. The Kier molecular flexibility index (Phi) is 50.2. The molecule has 1 aliphatic rings. The molecule has 27 nitrogen and oxygen atoms in total. The van der Waals surface area contributed by atoms with Gasteiger partial charge in [-0.05, 0) is 103 Å². The SMILES string of the molecule is CCC(CC)OCC(COC(CC)CC)NC(=O)CN(CC(=O)NC(COC(CC)CC)COC(CC)CC)C(=O)CN(CC(=O)N(CC(=O)NC(COC(CC)CC)COC(CC)CC)CC(=O)NC(COC(CC)CC)COC(CC)CC)C(=O)CCC(=O)ON1C(=O)CCC1=O. The first-order chi connectivity index (χ1) is 47.4. The van der Waals surface area contributed by atoms with E-state index in [9.17, 15) is 38.4 Å². The molecule has 1 aliphatic heterocycles. The number of hydrogen-bond acceptors (Lipinski definition) is 19. The van der Waals surface area contributed by atoms with Crippen LogP contribution in [0.4, 0.5) is 0 Å². The molecule has 4 N–H and O–H groups in total. The van der Waals surface area contributed by atoms with Crippen molar-refractivity contribution < 1.29 is 90.7 Å². The summed E-state index contributed by atoms with van der Waals surface area (Å²) >= 11 is 0. The summed E-state index contributed by atoms with van der Waals surface area (Å²) in [7, 11) is 0. The normalized spacial score (nSPS) is 12.8. The van der Waals surface area contributed by atoms with E-state index in [1.807, 2.05) is 111 Å². The second kappa shape index (κ2) is 54.3. The first-order valence-corrected chi connectivity index (χ1v) is 37.4. The predicted octanol–water partition coefficient (Wildman–Crippen LogP) is 7.44. The standard InChI is InChI=1S/C72H132N8O19/c1-17-55(18-2)91-43-51(44-92-56(19-3)20-4)73-63(81)37-77(38-64(82)74-52(45-93-57(21-5)22-6)46-94-58(23-7)24-8)70(88)41-79(67(85)35-36-72(90)99-80-68(86)33-34-69(80)87)42-71(89)78(39-65(83)75-53(47-95-59(25-9)26-10)48-96-60(27-11)28-12)40-66(84)76-54(49-97-61(29-13)30-14)50-98-62(31-15)32-16/h51-62H,17-50H2,1-16H3,(H,73,81)(H,74,82)(H,75,83)(H,76,84). The lowest BCUT2D eigenvalue weighted by Gasteiger charge is -2.31. The minimum Gasteiger partial charge on any atom is -0.376 e. The zero-order chi connectivity index (χ0) is 74.2. The molecule has 27 heteroatoms. The first kappa shape index (κ1) is 91.6. The molecular formula is C72H132N8O19. The third-order valence-corrected chi connectivity index (χ3v) is 17.8. The topological polar surface area (TPSA) is 315 Å². The molecule has 0 atom stereocenters. The summed E-state index contributed by atoms with van der Waals surface area (Å²) in [5.74, 6) is -8.60. The highest BCUT2D eigenvalue weighted by atomic mass is 16.7. The summed E-state index contributed by atoms with van der Waals surface area (Å²) in [5, 5.41) is 12.1. The maximum atomic E-state index is 15.3. The highest BCUT2D eigenvalue weighted by Gasteiger charge is 2.35. The second-order valence-corrected chi connectivity index (χ2v) is 25.5. The van der Waals surface area contributed by atoms with Crippen LogP contribution >= 0.6 is 0 Å². The highest BCUT2D eigenvalue weighted by Crippen LogP contribution is 2.16. The average Bonchev–Trinajstić information content (AvgIpc) is 1.60. The van der Waals surface area contributed by atoms with Gasteiger partial charge in [-0.3, -0.25) is 43.2 Å². The Morgan fingerprint density at radius 1 is 0.303 bits per heavy atom. The van der Waals surface area contributed by atoms with Crippen LogP contribution in [-0.2, 0) is 90.7 Å². The smallest absolute Gasteiger partial charge is 0.333 e. The summed E-state index contributed by atoms with van der Waals surface area (Å²) in [5.41, 5.74) is 0. The van der Waals surface area contributed by atoms with Crippen LogP contribution in [0.5, 0.6) is 0 Å². The summed E-state index contributed by atoms with van der Waals surface area (Å²) < 4.78 is 49.7. The number of hydroxylamine groups is 2. The van der Waals surface area contributed by atoms with Gasteiger partial charge in [-0.1, -0.05) is 111 Å². The first-order valence-electron chi connectivity index (χ1n) is 37.4. The largest absolute Gasteiger partial charge is 0.376 e. The van der Waals surface area contributed by atoms with E-state index >= 15 is 9.59 Å². The number of hydrogen-bond donors (Lipinski definition) is 4. The van der Waals surface area contributed by atoms with Crippen LogP contribution in [0.2, 0.25) is 0 Å². The summed E-state index contributed by atoms with van der Waals surface area (Å²) in [6, 6.07) is -2.85. The van der Waals surface area contributed by atoms with Crippen molar-refractivity contribution in [2.45, 2.75) is 312 Å². The van der Waals surface area contributed by atoms with Crippen LogP contribution in [0.3, 0.4) is 0 Å². The molecule has 0 saturated carbocycles. The van der Waals surface area contributed by atoms with Gasteiger partial charge in [0, 0.05) is 19.3 Å².